The fraction of sp³-hybridized carbons (Fsp3) is 0.448. The molecule has 0 bridgehead atoms. The minimum Gasteiger partial charge on any atom is -0.389 e. The molecule has 1 saturated heterocycles. The van der Waals surface area contributed by atoms with Crippen molar-refractivity contribution in [1.29, 1.82) is 0 Å². The Morgan fingerprint density at radius 3 is 2.50 bits per heavy atom. The highest BCUT2D eigenvalue weighted by molar-refractivity contribution is 5.81. The summed E-state index contributed by atoms with van der Waals surface area (Å²) in [5, 5.41) is 19.4. The van der Waals surface area contributed by atoms with E-state index in [9.17, 15) is 9.90 Å². The molecule has 2 heterocycles. The number of hydrogen-bond donors (Lipinski definition) is 2. The number of rotatable bonds is 9. The maximum absolute atomic E-state index is 12.4. The minimum absolute atomic E-state index is 0.237. The Morgan fingerprint density at radius 2 is 1.81 bits per heavy atom. The number of nitrogens with one attached hydrogen (secondary N) is 1. The lowest BCUT2D eigenvalue weighted by Crippen LogP contribution is -2.48. The molecule has 2 N–H and O–H groups in total. The highest BCUT2D eigenvalue weighted by atomic mass is 16.3. The lowest BCUT2D eigenvalue weighted by atomic mass is 9.86. The van der Waals surface area contributed by atoms with Gasteiger partial charge in [0.1, 0.15) is 0 Å². The van der Waals surface area contributed by atoms with Crippen molar-refractivity contribution in [2.75, 3.05) is 45.6 Å². The normalized spacial score (nSPS) is 17.4. The number of piperidine rings is 1. The largest absolute Gasteiger partial charge is 0.389 e. The number of aliphatic hydroxyl groups is 1. The van der Waals surface area contributed by atoms with Crippen LogP contribution in [-0.4, -0.2) is 76.5 Å². The Morgan fingerprint density at radius 1 is 1.08 bits per heavy atom. The molecule has 2 aliphatic rings. The van der Waals surface area contributed by atoms with Crippen molar-refractivity contribution < 1.29 is 9.90 Å². The highest BCUT2D eigenvalue weighted by Gasteiger charge is 2.39. The van der Waals surface area contributed by atoms with E-state index in [1.807, 2.05) is 15.6 Å². The SMILES string of the molecule is CN(C)CCNc1ccccc1-c1ccc(-n2nccc2CC2(O)CCN(C(=O)C3CC3)CC2)cc1. The molecule has 7 heteroatoms. The van der Waals surface area contributed by atoms with Gasteiger partial charge >= 0.3 is 0 Å². The molecule has 2 aromatic carbocycles. The van der Waals surface area contributed by atoms with Crippen LogP contribution in [0, 0.1) is 5.92 Å². The zero-order chi connectivity index (χ0) is 25.1. The number of carbonyl (C=O) groups excluding carboxylic acids is 1. The van der Waals surface area contributed by atoms with E-state index in [1.54, 1.807) is 6.20 Å². The lowest BCUT2D eigenvalue weighted by Gasteiger charge is -2.38. The average molecular weight is 488 g/mol. The number of nitrogens with zero attached hydrogens (tertiary/aromatic N) is 4. The van der Waals surface area contributed by atoms with Crippen molar-refractivity contribution in [3.63, 3.8) is 0 Å². The van der Waals surface area contributed by atoms with Crippen molar-refractivity contribution in [3.05, 3.63) is 66.5 Å². The second-order valence-corrected chi connectivity index (χ2v) is 10.6. The van der Waals surface area contributed by atoms with E-state index in [-0.39, 0.29) is 11.8 Å². The van der Waals surface area contributed by atoms with Crippen LogP contribution in [0.5, 0.6) is 0 Å². The topological polar surface area (TPSA) is 73.6 Å². The van der Waals surface area contributed by atoms with Crippen molar-refractivity contribution in [2.24, 2.45) is 5.92 Å². The first kappa shape index (κ1) is 24.5. The summed E-state index contributed by atoms with van der Waals surface area (Å²) in [6, 6.07) is 18.8. The number of aromatic nitrogens is 2. The number of carbonyl (C=O) groups is 1. The Kier molecular flexibility index (Phi) is 7.12. The molecule has 3 aromatic rings. The van der Waals surface area contributed by atoms with Gasteiger partial charge < -0.3 is 20.2 Å². The number of likely N-dealkylation sites (tertiary alicyclic amines) is 1. The predicted octanol–water partition coefficient (Wildman–Crippen LogP) is 3.82. The van der Waals surface area contributed by atoms with Crippen molar-refractivity contribution >= 4 is 11.6 Å². The number of likely N-dealkylation sites (N-methyl/N-ethyl adjacent to an activating group) is 1. The van der Waals surface area contributed by atoms with E-state index in [4.69, 9.17) is 0 Å². The van der Waals surface area contributed by atoms with Gasteiger partial charge in [-0.1, -0.05) is 30.3 Å². The van der Waals surface area contributed by atoms with Crippen molar-refractivity contribution in [2.45, 2.75) is 37.7 Å². The van der Waals surface area contributed by atoms with Gasteiger partial charge in [-0.25, -0.2) is 4.68 Å². The van der Waals surface area contributed by atoms with Crippen LogP contribution in [0.15, 0.2) is 60.8 Å². The van der Waals surface area contributed by atoms with Gasteiger partial charge in [-0.2, -0.15) is 5.10 Å². The van der Waals surface area contributed by atoms with Gasteiger partial charge in [0.2, 0.25) is 5.91 Å². The first-order valence-electron chi connectivity index (χ1n) is 13.0. The first-order valence-corrected chi connectivity index (χ1v) is 13.0. The van der Waals surface area contributed by atoms with Crippen LogP contribution in [-0.2, 0) is 11.2 Å². The molecule has 7 nitrogen and oxygen atoms in total. The van der Waals surface area contributed by atoms with E-state index in [2.05, 4.69) is 77.9 Å². The van der Waals surface area contributed by atoms with Gasteiger partial charge in [0.15, 0.2) is 0 Å². The Bertz CT molecular complexity index is 1170. The molecule has 2 fully saturated rings. The van der Waals surface area contributed by atoms with Crippen LogP contribution >= 0.6 is 0 Å². The van der Waals surface area contributed by atoms with Crippen LogP contribution in [0.3, 0.4) is 0 Å². The monoisotopic (exact) mass is 487 g/mol. The van der Waals surface area contributed by atoms with Crippen LogP contribution in [0.2, 0.25) is 0 Å². The zero-order valence-corrected chi connectivity index (χ0v) is 21.4. The molecule has 5 rings (SSSR count). The fourth-order valence-electron chi connectivity index (χ4n) is 5.03. The number of benzene rings is 2. The van der Waals surface area contributed by atoms with Crippen LogP contribution in [0.1, 0.15) is 31.4 Å². The van der Waals surface area contributed by atoms with Gasteiger partial charge in [-0.3, -0.25) is 4.79 Å². The number of amides is 1. The average Bonchev–Trinajstić information content (AvgIpc) is 3.63. The van der Waals surface area contributed by atoms with Crippen molar-refractivity contribution in [1.82, 2.24) is 19.6 Å². The van der Waals surface area contributed by atoms with E-state index in [1.165, 1.54) is 5.56 Å². The zero-order valence-electron chi connectivity index (χ0n) is 21.4. The number of anilines is 1. The van der Waals surface area contributed by atoms with Crippen molar-refractivity contribution in [3.8, 4) is 16.8 Å². The van der Waals surface area contributed by atoms with Gasteiger partial charge in [0, 0.05) is 61.7 Å². The first-order chi connectivity index (χ1) is 17.4. The molecule has 1 amide bonds. The third-order valence-corrected chi connectivity index (χ3v) is 7.39. The maximum Gasteiger partial charge on any atom is 0.225 e. The van der Waals surface area contributed by atoms with Gasteiger partial charge in [0.05, 0.1) is 11.3 Å². The number of para-hydroxylation sites is 1. The molecule has 36 heavy (non-hydrogen) atoms. The molecule has 0 atom stereocenters. The molecule has 0 spiro atoms. The predicted molar refractivity (Wildman–Crippen MR) is 143 cm³/mol. The van der Waals surface area contributed by atoms with E-state index >= 15 is 0 Å². The summed E-state index contributed by atoms with van der Waals surface area (Å²) in [6.45, 7) is 3.12. The molecular formula is C29H37N5O2. The third kappa shape index (κ3) is 5.63. The summed E-state index contributed by atoms with van der Waals surface area (Å²) in [5.74, 6) is 0.512. The van der Waals surface area contributed by atoms with Crippen LogP contribution < -0.4 is 5.32 Å². The minimum atomic E-state index is -0.810. The van der Waals surface area contributed by atoms with E-state index in [0.29, 0.717) is 32.4 Å². The summed E-state index contributed by atoms with van der Waals surface area (Å²) < 4.78 is 1.92. The summed E-state index contributed by atoms with van der Waals surface area (Å²) in [4.78, 5) is 16.5. The molecule has 1 aromatic heterocycles. The van der Waals surface area contributed by atoms with E-state index < -0.39 is 5.60 Å². The Labute approximate surface area is 213 Å². The smallest absolute Gasteiger partial charge is 0.225 e. The molecule has 190 valence electrons. The second kappa shape index (κ2) is 10.4. The third-order valence-electron chi connectivity index (χ3n) is 7.39. The molecule has 1 saturated carbocycles. The summed E-state index contributed by atoms with van der Waals surface area (Å²) in [6.07, 6.45) is 5.58. The second-order valence-electron chi connectivity index (χ2n) is 10.6. The standard InChI is InChI=1S/C29H37N5O2/c1-32(2)20-17-30-27-6-4-3-5-26(27)22-9-11-24(12-10-22)34-25(13-16-31-34)21-29(36)14-18-33(19-15-29)28(35)23-7-8-23/h3-6,9-13,16,23,30,36H,7-8,14-15,17-21H2,1-2H3. The molecular weight excluding hydrogens is 450 g/mol. The Hall–Kier alpha value is -3.16. The van der Waals surface area contributed by atoms with Crippen LogP contribution in [0.4, 0.5) is 5.69 Å². The molecule has 0 radical (unpaired) electrons. The Balaban J connectivity index is 1.26. The van der Waals surface area contributed by atoms with E-state index in [0.717, 1.165) is 48.6 Å². The van der Waals surface area contributed by atoms with Gasteiger partial charge in [-0.05, 0) is 69.6 Å². The maximum atomic E-state index is 12.4. The molecule has 1 aliphatic heterocycles. The quantitative estimate of drug-likeness (QED) is 0.480. The summed E-state index contributed by atoms with van der Waals surface area (Å²) >= 11 is 0. The van der Waals surface area contributed by atoms with Crippen LogP contribution in [0.25, 0.3) is 16.8 Å². The van der Waals surface area contributed by atoms with Gasteiger partial charge in [-0.15, -0.1) is 0 Å². The number of hydrogen-bond acceptors (Lipinski definition) is 5. The highest BCUT2D eigenvalue weighted by Crippen LogP contribution is 2.34. The van der Waals surface area contributed by atoms with Gasteiger partial charge in [0.25, 0.3) is 0 Å². The molecule has 1 aliphatic carbocycles. The fourth-order valence-corrected chi connectivity index (χ4v) is 5.03. The summed E-state index contributed by atoms with van der Waals surface area (Å²) in [7, 11) is 4.15. The summed E-state index contributed by atoms with van der Waals surface area (Å²) in [5.41, 5.74) is 4.59. The molecule has 0 unspecified atom stereocenters. The lowest BCUT2D eigenvalue weighted by molar-refractivity contribution is -0.136.